The minimum atomic E-state index is 0.905. The molecule has 0 fully saturated rings. The van der Waals surface area contributed by atoms with Crippen LogP contribution in [0.3, 0.4) is 0 Å². The van der Waals surface area contributed by atoms with Gasteiger partial charge in [0, 0.05) is 88.6 Å². The first kappa shape index (κ1) is 67.4. The minimum absolute atomic E-state index is 0.905. The minimum Gasteiger partial charge on any atom is -0.456 e. The third-order valence-corrected chi connectivity index (χ3v) is 23.2. The first-order chi connectivity index (χ1) is 57.5. The number of benzene rings is 19. The van der Waals surface area contributed by atoms with Gasteiger partial charge in [-0.15, -0.1) is 0 Å². The van der Waals surface area contributed by atoms with Crippen molar-refractivity contribution in [2.75, 3.05) is 9.80 Å². The van der Waals surface area contributed by atoms with Crippen LogP contribution in [-0.2, 0) is 0 Å². The van der Waals surface area contributed by atoms with Gasteiger partial charge in [0.1, 0.15) is 22.3 Å². The number of para-hydroxylation sites is 6. The maximum absolute atomic E-state index is 6.13. The van der Waals surface area contributed by atoms with Crippen molar-refractivity contribution in [2.24, 2.45) is 0 Å². The second kappa shape index (κ2) is 28.4. The molecule has 4 heterocycles. The van der Waals surface area contributed by atoms with E-state index in [1.165, 1.54) is 98.5 Å². The van der Waals surface area contributed by atoms with Crippen molar-refractivity contribution < 1.29 is 8.83 Å². The fourth-order valence-corrected chi connectivity index (χ4v) is 17.6. The van der Waals surface area contributed by atoms with Gasteiger partial charge < -0.3 is 27.8 Å². The van der Waals surface area contributed by atoms with Gasteiger partial charge in [-0.2, -0.15) is 0 Å². The predicted octanol–water partition coefficient (Wildman–Crippen LogP) is 30.9. The summed E-state index contributed by atoms with van der Waals surface area (Å²) in [5.74, 6) is 0. The lowest BCUT2D eigenvalue weighted by atomic mass is 9.98. The molecular weight excluding hydrogens is 1410 g/mol. The Kier molecular flexibility index (Phi) is 16.5. The van der Waals surface area contributed by atoms with Crippen LogP contribution in [-0.4, -0.2) is 9.13 Å². The highest BCUT2D eigenvalue weighted by Gasteiger charge is 2.22. The molecule has 0 unspecified atom stereocenters. The van der Waals surface area contributed by atoms with Crippen LogP contribution in [0.2, 0.25) is 0 Å². The molecule has 0 aliphatic rings. The van der Waals surface area contributed by atoms with Gasteiger partial charge in [0.15, 0.2) is 0 Å². The molecule has 0 radical (unpaired) electrons. The zero-order valence-corrected chi connectivity index (χ0v) is 63.2. The van der Waals surface area contributed by atoms with E-state index in [1.807, 2.05) is 24.3 Å². The predicted molar refractivity (Wildman–Crippen MR) is 488 cm³/mol. The van der Waals surface area contributed by atoms with E-state index in [1.54, 1.807) is 0 Å². The summed E-state index contributed by atoms with van der Waals surface area (Å²) in [4.78, 5) is 4.72. The topological polar surface area (TPSA) is 42.6 Å². The van der Waals surface area contributed by atoms with E-state index in [0.717, 1.165) is 112 Å². The number of hydrogen-bond acceptors (Lipinski definition) is 4. The van der Waals surface area contributed by atoms with Crippen LogP contribution in [0.4, 0.5) is 34.1 Å². The summed E-state index contributed by atoms with van der Waals surface area (Å²) in [6.07, 6.45) is 0. The molecule has 0 saturated heterocycles. The maximum Gasteiger partial charge on any atom is 0.135 e. The summed E-state index contributed by atoms with van der Waals surface area (Å²) in [6, 6.07) is 157. The first-order valence-electron chi connectivity index (χ1n) is 39.6. The molecule has 23 rings (SSSR count). The van der Waals surface area contributed by atoms with Gasteiger partial charge in [0.05, 0.1) is 22.1 Å². The lowest BCUT2D eigenvalue weighted by Crippen LogP contribution is -2.10. The van der Waals surface area contributed by atoms with Crippen LogP contribution in [0, 0.1) is 0 Å². The van der Waals surface area contributed by atoms with Crippen molar-refractivity contribution in [3.8, 4) is 67.0 Å². The van der Waals surface area contributed by atoms with Crippen LogP contribution in [0.5, 0.6) is 0 Å². The molecule has 0 spiro atoms. The molecule has 0 N–H and O–H groups in total. The van der Waals surface area contributed by atoms with Crippen molar-refractivity contribution in [2.45, 2.75) is 0 Å². The zero-order valence-electron chi connectivity index (χ0n) is 63.2. The molecule has 23 aromatic rings. The lowest BCUT2D eigenvalue weighted by Gasteiger charge is -2.26. The van der Waals surface area contributed by atoms with E-state index in [4.69, 9.17) is 8.83 Å². The summed E-state index contributed by atoms with van der Waals surface area (Å²) < 4.78 is 17.0. The van der Waals surface area contributed by atoms with E-state index < -0.39 is 0 Å². The van der Waals surface area contributed by atoms with Gasteiger partial charge in [0.25, 0.3) is 0 Å². The Morgan fingerprint density at radius 1 is 0.164 bits per heavy atom. The van der Waals surface area contributed by atoms with E-state index in [9.17, 15) is 0 Å². The van der Waals surface area contributed by atoms with Crippen LogP contribution in [0.25, 0.3) is 176 Å². The Morgan fingerprint density at radius 2 is 0.448 bits per heavy atom. The normalized spacial score (nSPS) is 11.6. The number of nitrogens with zero attached hydrogens (tertiary/aromatic N) is 4. The first-order valence-corrected chi connectivity index (χ1v) is 39.6. The maximum atomic E-state index is 6.13. The van der Waals surface area contributed by atoms with Gasteiger partial charge >= 0.3 is 0 Å². The van der Waals surface area contributed by atoms with Crippen molar-refractivity contribution in [1.29, 1.82) is 0 Å². The third-order valence-electron chi connectivity index (χ3n) is 23.2. The van der Waals surface area contributed by atoms with Crippen LogP contribution >= 0.6 is 0 Å². The molecule has 6 nitrogen and oxygen atoms in total. The number of anilines is 6. The highest BCUT2D eigenvalue weighted by molar-refractivity contribution is 6.13. The number of aromatic nitrogens is 2. The summed E-state index contributed by atoms with van der Waals surface area (Å²) >= 11 is 0. The standard InChI is InChI=1S/C58H38N2O.C52H34N2O/c1-2-13-45(14-3-1)60-55-19-8-6-16-51(55)53-37-43(27-35-56(53)60)39-21-29-46(30-22-39)59(48-33-25-42(26-34-48)50-18-10-12-41-11-4-5-15-49(41)50)47-31-23-40(24-32-47)44-28-36-58-54(38-44)52-17-7-9-20-57(52)61-58;1-2-13-39(14-3-1)54-49-19-8-6-16-45(49)47-34-42(30-31-50(47)54)53(41-28-23-37(24-29-41)44-18-10-12-36-11-4-5-15-43(36)44)40-26-21-35(22-27-40)38-25-32-52-48(33-38)46-17-7-9-20-51(46)55-52/h1-38H;1-34H. The molecule has 544 valence electrons. The molecule has 19 aromatic carbocycles. The molecule has 0 aliphatic carbocycles. The Balaban J connectivity index is 0.000000141. The van der Waals surface area contributed by atoms with Crippen molar-refractivity contribution in [1.82, 2.24) is 9.13 Å². The molecule has 0 amide bonds. The average molecular weight is 1480 g/mol. The van der Waals surface area contributed by atoms with E-state index in [0.29, 0.717) is 0 Å². The molecule has 0 saturated carbocycles. The quantitative estimate of drug-likeness (QED) is 0.115. The molecule has 0 aliphatic heterocycles. The Hall–Kier alpha value is -15.5. The van der Waals surface area contributed by atoms with Gasteiger partial charge in [0.2, 0.25) is 0 Å². The Bertz CT molecular complexity index is 7660. The molecule has 116 heavy (non-hydrogen) atoms. The summed E-state index contributed by atoms with van der Waals surface area (Å²) in [6.45, 7) is 0. The molecule has 4 aromatic heterocycles. The van der Waals surface area contributed by atoms with Crippen LogP contribution in [0.1, 0.15) is 0 Å². The fourth-order valence-electron chi connectivity index (χ4n) is 17.6. The van der Waals surface area contributed by atoms with Crippen molar-refractivity contribution in [3.63, 3.8) is 0 Å². The third kappa shape index (κ3) is 11.9. The zero-order chi connectivity index (χ0) is 76.6. The van der Waals surface area contributed by atoms with Gasteiger partial charge in [-0.05, 0) is 241 Å². The lowest BCUT2D eigenvalue weighted by molar-refractivity contribution is 0.668. The monoisotopic (exact) mass is 1480 g/mol. The number of hydrogen-bond donors (Lipinski definition) is 0. The second-order valence-electron chi connectivity index (χ2n) is 29.9. The number of rotatable bonds is 13. The van der Waals surface area contributed by atoms with Gasteiger partial charge in [-0.1, -0.05) is 273 Å². The SMILES string of the molecule is c1ccc(-n2c3ccccc3c3cc(-c4ccc(N(c5ccc(-c6ccc7oc8ccccc8c7c6)cc5)c5ccc(-c6cccc7ccccc67)cc5)cc4)ccc32)cc1.c1ccc(-n2c3ccccc3c3cc(N(c4ccc(-c5ccc6oc7ccccc7c6c5)cc4)c4ccc(-c5cccc6ccccc56)cc4)ccc32)cc1. The summed E-state index contributed by atoms with van der Waals surface area (Å²) in [5.41, 5.74) is 29.1. The van der Waals surface area contributed by atoms with E-state index in [-0.39, 0.29) is 0 Å². The molecule has 0 bridgehead atoms. The van der Waals surface area contributed by atoms with E-state index in [2.05, 4.69) is 431 Å². The summed E-state index contributed by atoms with van der Waals surface area (Å²) in [7, 11) is 0. The highest BCUT2D eigenvalue weighted by Crippen LogP contribution is 2.45. The molecule has 0 atom stereocenters. The molecular formula is C110H72N4O2. The molecule has 6 heteroatoms. The van der Waals surface area contributed by atoms with Crippen molar-refractivity contribution >= 4 is 143 Å². The Morgan fingerprint density at radius 3 is 0.879 bits per heavy atom. The van der Waals surface area contributed by atoms with Gasteiger partial charge in [-0.3, -0.25) is 0 Å². The fraction of sp³-hybridized carbons (Fsp3) is 0. The highest BCUT2D eigenvalue weighted by atomic mass is 16.3. The largest absolute Gasteiger partial charge is 0.456 e. The second-order valence-corrected chi connectivity index (χ2v) is 29.9. The summed E-state index contributed by atoms with van der Waals surface area (Å²) in [5, 5.41) is 14.5. The van der Waals surface area contributed by atoms with Crippen molar-refractivity contribution in [3.05, 3.63) is 437 Å². The van der Waals surface area contributed by atoms with Gasteiger partial charge in [-0.25, -0.2) is 0 Å². The number of fused-ring (bicyclic) bond motifs is 14. The smallest absolute Gasteiger partial charge is 0.135 e. The Labute approximate surface area is 670 Å². The average Bonchev–Trinajstić information content (AvgIpc) is 1.56. The van der Waals surface area contributed by atoms with E-state index >= 15 is 0 Å². The van der Waals surface area contributed by atoms with Crippen LogP contribution in [0.15, 0.2) is 446 Å². The van der Waals surface area contributed by atoms with Crippen LogP contribution < -0.4 is 9.80 Å². The number of furan rings is 2.